The van der Waals surface area contributed by atoms with E-state index in [1.807, 2.05) is 18.2 Å². The van der Waals surface area contributed by atoms with Crippen molar-refractivity contribution in [2.75, 3.05) is 13.3 Å². The lowest BCUT2D eigenvalue weighted by atomic mass is 9.92. The van der Waals surface area contributed by atoms with Crippen LogP contribution in [0.3, 0.4) is 0 Å². The van der Waals surface area contributed by atoms with Gasteiger partial charge in [-0.3, -0.25) is 15.0 Å². The number of rotatable bonds is 2. The Balaban J connectivity index is 1.54. The zero-order valence-electron chi connectivity index (χ0n) is 12.0. The van der Waals surface area contributed by atoms with Gasteiger partial charge in [0.05, 0.1) is 18.6 Å². The number of ether oxygens (including phenoxy) is 2. The van der Waals surface area contributed by atoms with Crippen molar-refractivity contribution in [3.63, 3.8) is 0 Å². The predicted octanol–water partition coefficient (Wildman–Crippen LogP) is 0.958. The van der Waals surface area contributed by atoms with E-state index < -0.39 is 0 Å². The summed E-state index contributed by atoms with van der Waals surface area (Å²) in [6, 6.07) is 5.71. The zero-order valence-corrected chi connectivity index (χ0v) is 12.8. The highest BCUT2D eigenvalue weighted by atomic mass is 32.1. The maximum absolute atomic E-state index is 12.7. The van der Waals surface area contributed by atoms with Crippen molar-refractivity contribution >= 4 is 23.2 Å². The summed E-state index contributed by atoms with van der Waals surface area (Å²) in [6.45, 7) is 1.62. The molecule has 1 aromatic rings. The van der Waals surface area contributed by atoms with Crippen LogP contribution in [0.25, 0.3) is 0 Å². The van der Waals surface area contributed by atoms with E-state index in [9.17, 15) is 4.79 Å². The van der Waals surface area contributed by atoms with E-state index in [-0.39, 0.29) is 24.8 Å². The number of fused-ring (bicyclic) bond motifs is 2. The molecule has 2 saturated heterocycles. The number of hydrogen-bond donors (Lipinski definition) is 2. The summed E-state index contributed by atoms with van der Waals surface area (Å²) < 4.78 is 10.7. The molecule has 2 N–H and O–H groups in total. The van der Waals surface area contributed by atoms with Gasteiger partial charge in [0.1, 0.15) is 0 Å². The minimum Gasteiger partial charge on any atom is -0.454 e. The molecule has 3 aliphatic heterocycles. The van der Waals surface area contributed by atoms with Crippen molar-refractivity contribution in [2.24, 2.45) is 5.92 Å². The van der Waals surface area contributed by atoms with Crippen molar-refractivity contribution < 1.29 is 14.3 Å². The molecule has 22 heavy (non-hydrogen) atoms. The van der Waals surface area contributed by atoms with Gasteiger partial charge in [0.25, 0.3) is 0 Å². The van der Waals surface area contributed by atoms with Gasteiger partial charge in [-0.05, 0) is 49.3 Å². The summed E-state index contributed by atoms with van der Waals surface area (Å²) in [7, 11) is 0. The number of carbonyl (C=O) groups excluding carboxylic acids is 1. The molecule has 2 atom stereocenters. The van der Waals surface area contributed by atoms with E-state index in [2.05, 4.69) is 10.6 Å². The second-order valence-electron chi connectivity index (χ2n) is 5.74. The van der Waals surface area contributed by atoms with Crippen molar-refractivity contribution in [2.45, 2.75) is 25.6 Å². The van der Waals surface area contributed by atoms with Gasteiger partial charge in [0.15, 0.2) is 16.6 Å². The molecule has 3 heterocycles. The molecule has 7 heteroatoms. The van der Waals surface area contributed by atoms with Crippen LogP contribution in [0.2, 0.25) is 0 Å². The highest BCUT2D eigenvalue weighted by Gasteiger charge is 2.40. The average Bonchev–Trinajstić information content (AvgIpc) is 2.99. The Morgan fingerprint density at radius 3 is 3.09 bits per heavy atom. The number of piperidine rings is 1. The van der Waals surface area contributed by atoms with E-state index in [0.29, 0.717) is 11.7 Å². The van der Waals surface area contributed by atoms with Crippen LogP contribution in [0.5, 0.6) is 11.5 Å². The third-order valence-corrected chi connectivity index (χ3v) is 4.68. The summed E-state index contributed by atoms with van der Waals surface area (Å²) in [6.07, 6.45) is 1.88. The highest BCUT2D eigenvalue weighted by molar-refractivity contribution is 7.80. The molecular formula is C15H17N3O3S. The van der Waals surface area contributed by atoms with Gasteiger partial charge in [-0.25, -0.2) is 0 Å². The Labute approximate surface area is 133 Å². The molecule has 0 aliphatic carbocycles. The normalized spacial score (nSPS) is 26.6. The first-order chi connectivity index (χ1) is 10.7. The first-order valence-electron chi connectivity index (χ1n) is 7.46. The van der Waals surface area contributed by atoms with Gasteiger partial charge in [0.2, 0.25) is 12.7 Å². The lowest BCUT2D eigenvalue weighted by molar-refractivity contribution is -0.135. The van der Waals surface area contributed by atoms with Crippen LogP contribution in [-0.2, 0) is 11.3 Å². The minimum atomic E-state index is -0.0468. The number of carbonyl (C=O) groups is 1. The largest absolute Gasteiger partial charge is 0.454 e. The quantitative estimate of drug-likeness (QED) is 0.792. The van der Waals surface area contributed by atoms with E-state index in [4.69, 9.17) is 21.7 Å². The van der Waals surface area contributed by atoms with Crippen molar-refractivity contribution in [1.82, 2.24) is 15.5 Å². The predicted molar refractivity (Wildman–Crippen MR) is 83.4 cm³/mol. The first kappa shape index (κ1) is 13.8. The molecular weight excluding hydrogens is 302 g/mol. The molecule has 1 aromatic carbocycles. The Hall–Kier alpha value is -1.86. The fraction of sp³-hybridized carbons (Fsp3) is 0.467. The van der Waals surface area contributed by atoms with E-state index in [0.717, 1.165) is 36.4 Å². The molecule has 4 rings (SSSR count). The molecule has 2 unspecified atom stereocenters. The molecule has 0 aromatic heterocycles. The number of benzene rings is 1. The summed E-state index contributed by atoms with van der Waals surface area (Å²) >= 11 is 5.37. The molecule has 6 nitrogen and oxygen atoms in total. The molecule has 2 fully saturated rings. The summed E-state index contributed by atoms with van der Waals surface area (Å²) in [5, 5.41) is 7.04. The Bertz CT molecular complexity index is 636. The molecule has 0 bridgehead atoms. The molecule has 3 aliphatic rings. The topological polar surface area (TPSA) is 62.8 Å². The molecule has 1 amide bonds. The van der Waals surface area contributed by atoms with Crippen LogP contribution >= 0.6 is 12.2 Å². The van der Waals surface area contributed by atoms with Crippen LogP contribution < -0.4 is 20.1 Å². The summed E-state index contributed by atoms with van der Waals surface area (Å²) in [5.74, 6) is 1.51. The maximum Gasteiger partial charge on any atom is 0.235 e. The van der Waals surface area contributed by atoms with Crippen LogP contribution in [0.1, 0.15) is 18.4 Å². The fourth-order valence-corrected chi connectivity index (χ4v) is 3.47. The van der Waals surface area contributed by atoms with E-state index >= 15 is 0 Å². The smallest absolute Gasteiger partial charge is 0.235 e. The number of nitrogens with zero attached hydrogens (tertiary/aromatic N) is 1. The SMILES string of the molecule is O=C1C2CCCNC2NC(=S)N1Cc1ccc2c(c1)OCO2. The van der Waals surface area contributed by atoms with Crippen LogP contribution in [0, 0.1) is 5.92 Å². The second-order valence-corrected chi connectivity index (χ2v) is 6.13. The van der Waals surface area contributed by atoms with E-state index in [1.54, 1.807) is 4.90 Å². The molecule has 0 radical (unpaired) electrons. The lowest BCUT2D eigenvalue weighted by Gasteiger charge is -2.42. The standard InChI is InChI=1S/C15H17N3O3S/c19-14-10-2-1-5-16-13(10)17-15(22)18(14)7-9-3-4-11-12(6-9)21-8-20-11/h3-4,6,10,13,16H,1-2,5,7-8H2,(H,17,22). The van der Waals surface area contributed by atoms with Gasteiger partial charge in [-0.15, -0.1) is 0 Å². The lowest BCUT2D eigenvalue weighted by Crippen LogP contribution is -2.65. The summed E-state index contributed by atoms with van der Waals surface area (Å²) in [4.78, 5) is 14.4. The third-order valence-electron chi connectivity index (χ3n) is 4.34. The molecule has 116 valence electrons. The number of nitrogens with one attached hydrogen (secondary N) is 2. The van der Waals surface area contributed by atoms with Crippen molar-refractivity contribution in [1.29, 1.82) is 0 Å². The monoisotopic (exact) mass is 319 g/mol. The minimum absolute atomic E-state index is 0.0262. The Kier molecular flexibility index (Phi) is 3.38. The Morgan fingerprint density at radius 2 is 2.18 bits per heavy atom. The summed E-state index contributed by atoms with van der Waals surface area (Å²) in [5.41, 5.74) is 0.976. The van der Waals surface area contributed by atoms with Crippen LogP contribution in [-0.4, -0.2) is 35.4 Å². The van der Waals surface area contributed by atoms with Gasteiger partial charge >= 0.3 is 0 Å². The van der Waals surface area contributed by atoms with Crippen molar-refractivity contribution in [3.05, 3.63) is 23.8 Å². The number of hydrogen-bond acceptors (Lipinski definition) is 5. The zero-order chi connectivity index (χ0) is 15.1. The first-order valence-corrected chi connectivity index (χ1v) is 7.87. The number of thiocarbonyl (C=S) groups is 1. The van der Waals surface area contributed by atoms with Gasteiger partial charge in [-0.1, -0.05) is 6.07 Å². The van der Waals surface area contributed by atoms with E-state index in [1.165, 1.54) is 0 Å². The van der Waals surface area contributed by atoms with Gasteiger partial charge < -0.3 is 14.8 Å². The average molecular weight is 319 g/mol. The van der Waals surface area contributed by atoms with Crippen LogP contribution in [0.4, 0.5) is 0 Å². The molecule has 0 saturated carbocycles. The van der Waals surface area contributed by atoms with Crippen LogP contribution in [0.15, 0.2) is 18.2 Å². The van der Waals surface area contributed by atoms with Crippen molar-refractivity contribution in [3.8, 4) is 11.5 Å². The molecule has 0 spiro atoms. The van der Waals surface area contributed by atoms with Gasteiger partial charge in [0, 0.05) is 0 Å². The van der Waals surface area contributed by atoms with Gasteiger partial charge in [-0.2, -0.15) is 0 Å². The fourth-order valence-electron chi connectivity index (χ4n) is 3.19. The highest BCUT2D eigenvalue weighted by Crippen LogP contribution is 2.33. The maximum atomic E-state index is 12.7. The third kappa shape index (κ3) is 2.30. The second kappa shape index (κ2) is 5.40. The Morgan fingerprint density at radius 1 is 1.32 bits per heavy atom. The number of amides is 1.